The van der Waals surface area contributed by atoms with Crippen LogP contribution in [0.4, 0.5) is 4.79 Å². The maximum absolute atomic E-state index is 13.3. The maximum Gasteiger partial charge on any atom is 0.430 e. The molecule has 2 N–H and O–H groups in total. The summed E-state index contributed by atoms with van der Waals surface area (Å²) in [6, 6.07) is 5.82. The Balaban J connectivity index is 1.56. The summed E-state index contributed by atoms with van der Waals surface area (Å²) in [4.78, 5) is 40.3. The monoisotopic (exact) mass is 545 g/mol. The summed E-state index contributed by atoms with van der Waals surface area (Å²) in [6.07, 6.45) is 2.17. The molecular weight excluding hydrogens is 502 g/mol. The fraction of sp³-hybridized carbons (Fsp3) is 0.643. The average molecular weight is 546 g/mol. The number of hydrogen-bond donors (Lipinski definition) is 2. The number of hydrazone groups is 1. The molecule has 0 spiro atoms. The third kappa shape index (κ3) is 10.5. The van der Waals surface area contributed by atoms with Crippen molar-refractivity contribution in [3.8, 4) is 5.75 Å². The fourth-order valence-electron chi connectivity index (χ4n) is 4.36. The van der Waals surface area contributed by atoms with Crippen molar-refractivity contribution in [3.63, 3.8) is 0 Å². The van der Waals surface area contributed by atoms with Gasteiger partial charge in [0, 0.05) is 31.4 Å². The molecule has 1 aromatic carbocycles. The second-order valence-electron chi connectivity index (χ2n) is 10.7. The van der Waals surface area contributed by atoms with Crippen LogP contribution in [0.25, 0.3) is 0 Å². The molecule has 2 saturated heterocycles. The van der Waals surface area contributed by atoms with E-state index in [-0.39, 0.29) is 23.7 Å². The lowest BCUT2D eigenvalue weighted by Crippen LogP contribution is -2.51. The van der Waals surface area contributed by atoms with Gasteiger partial charge in [-0.1, -0.05) is 27.7 Å². The van der Waals surface area contributed by atoms with Crippen LogP contribution in [0.3, 0.4) is 0 Å². The molecule has 0 radical (unpaired) electrons. The molecule has 11 nitrogen and oxygen atoms in total. The van der Waals surface area contributed by atoms with Crippen molar-refractivity contribution >= 4 is 24.1 Å². The molecule has 2 fully saturated rings. The molecule has 11 heteroatoms. The van der Waals surface area contributed by atoms with E-state index in [4.69, 9.17) is 14.2 Å². The second-order valence-corrected chi connectivity index (χ2v) is 10.7. The molecule has 2 atom stereocenters. The van der Waals surface area contributed by atoms with Gasteiger partial charge in [-0.3, -0.25) is 14.5 Å². The summed E-state index contributed by atoms with van der Waals surface area (Å²) in [7, 11) is 0. The Hall–Kier alpha value is -3.18. The number of carbonyl (C=O) groups excluding carboxylic acids is 3. The van der Waals surface area contributed by atoms with E-state index in [0.29, 0.717) is 43.9 Å². The van der Waals surface area contributed by atoms with Crippen molar-refractivity contribution in [2.24, 2.45) is 16.9 Å². The van der Waals surface area contributed by atoms with Crippen LogP contribution in [0, 0.1) is 11.8 Å². The lowest BCUT2D eigenvalue weighted by atomic mass is 10.0. The number of benzene rings is 1. The van der Waals surface area contributed by atoms with Gasteiger partial charge in [-0.15, -0.1) is 0 Å². The number of cyclic esters (lactones) is 1. The van der Waals surface area contributed by atoms with Gasteiger partial charge in [-0.05, 0) is 48.9 Å². The Morgan fingerprint density at radius 1 is 1.00 bits per heavy atom. The molecule has 39 heavy (non-hydrogen) atoms. The molecule has 2 heterocycles. The Labute approximate surface area is 231 Å². The van der Waals surface area contributed by atoms with Crippen molar-refractivity contribution in [1.82, 2.24) is 20.5 Å². The third-order valence-corrected chi connectivity index (χ3v) is 6.40. The highest BCUT2D eigenvalue weighted by molar-refractivity contribution is 5.98. The van der Waals surface area contributed by atoms with Crippen molar-refractivity contribution in [1.29, 1.82) is 0 Å². The normalized spacial score (nSPS) is 17.9. The van der Waals surface area contributed by atoms with Gasteiger partial charge >= 0.3 is 6.09 Å². The molecule has 2 aliphatic rings. The number of ether oxygens (including phenoxy) is 3. The number of nitrogens with one attached hydrogen (secondary N) is 2. The molecule has 0 saturated carbocycles. The largest absolute Gasteiger partial charge is 0.492 e. The SMILES string of the molecule is CC(C)C[C@@H](/C=N/N1CCOC1=O)NC(=O)[C@H](CC(C)C)NC(=O)c1ccc(OCCN2CCOCC2)cc1. The second kappa shape index (κ2) is 15.4. The van der Waals surface area contributed by atoms with E-state index in [1.807, 2.05) is 27.7 Å². The minimum absolute atomic E-state index is 0.180. The Kier molecular flexibility index (Phi) is 12.0. The van der Waals surface area contributed by atoms with Crippen molar-refractivity contribution in [2.75, 3.05) is 52.6 Å². The van der Waals surface area contributed by atoms with Crippen LogP contribution in [0.15, 0.2) is 29.4 Å². The first-order valence-electron chi connectivity index (χ1n) is 13.8. The van der Waals surface area contributed by atoms with Gasteiger partial charge in [-0.2, -0.15) is 10.1 Å². The number of carbonyl (C=O) groups is 3. The van der Waals surface area contributed by atoms with Crippen molar-refractivity contribution in [3.05, 3.63) is 29.8 Å². The number of amides is 3. The van der Waals surface area contributed by atoms with Gasteiger partial charge in [0.05, 0.1) is 25.8 Å². The molecular formula is C28H43N5O6. The van der Waals surface area contributed by atoms with Crippen LogP contribution in [0.1, 0.15) is 50.9 Å². The highest BCUT2D eigenvalue weighted by Crippen LogP contribution is 2.14. The summed E-state index contributed by atoms with van der Waals surface area (Å²) >= 11 is 0. The van der Waals surface area contributed by atoms with Crippen LogP contribution in [0.5, 0.6) is 5.75 Å². The summed E-state index contributed by atoms with van der Waals surface area (Å²) in [6.45, 7) is 13.5. The molecule has 2 aliphatic heterocycles. The zero-order valence-corrected chi connectivity index (χ0v) is 23.6. The number of morpholine rings is 1. The standard InChI is InChI=1S/C28H43N5O6/c1-20(2)17-23(19-29-33-12-16-39-28(33)36)30-27(35)25(18-21(3)4)31-26(34)22-5-7-24(8-6-22)38-15-11-32-9-13-37-14-10-32/h5-8,19-21,23,25H,9-18H2,1-4H3,(H,30,35)(H,31,34)/b29-19+/t23-,25-/m0/s1. The molecule has 0 aromatic heterocycles. The zero-order valence-electron chi connectivity index (χ0n) is 23.6. The first-order valence-corrected chi connectivity index (χ1v) is 13.8. The van der Waals surface area contributed by atoms with Crippen LogP contribution in [0.2, 0.25) is 0 Å². The molecule has 216 valence electrons. The van der Waals surface area contributed by atoms with Crippen LogP contribution >= 0.6 is 0 Å². The Morgan fingerprint density at radius 2 is 1.69 bits per heavy atom. The van der Waals surface area contributed by atoms with E-state index in [1.54, 1.807) is 30.5 Å². The lowest BCUT2D eigenvalue weighted by Gasteiger charge is -2.26. The predicted molar refractivity (Wildman–Crippen MR) is 148 cm³/mol. The summed E-state index contributed by atoms with van der Waals surface area (Å²) in [5, 5.41) is 11.3. The van der Waals surface area contributed by atoms with Gasteiger partial charge in [-0.25, -0.2) is 4.79 Å². The first-order chi connectivity index (χ1) is 18.7. The van der Waals surface area contributed by atoms with Crippen molar-refractivity contribution < 1.29 is 28.6 Å². The van der Waals surface area contributed by atoms with Gasteiger partial charge in [0.25, 0.3) is 5.91 Å². The first kappa shape index (κ1) is 30.4. The number of nitrogens with zero attached hydrogens (tertiary/aromatic N) is 3. The highest BCUT2D eigenvalue weighted by Gasteiger charge is 2.26. The topological polar surface area (TPSA) is 122 Å². The molecule has 3 amide bonds. The fourth-order valence-corrected chi connectivity index (χ4v) is 4.36. The Bertz CT molecular complexity index is 962. The van der Waals surface area contributed by atoms with Gasteiger partial charge in [0.1, 0.15) is 25.0 Å². The van der Waals surface area contributed by atoms with Crippen molar-refractivity contribution in [2.45, 2.75) is 52.6 Å². The van der Waals surface area contributed by atoms with E-state index >= 15 is 0 Å². The number of rotatable bonds is 14. The van der Waals surface area contributed by atoms with E-state index in [0.717, 1.165) is 32.8 Å². The lowest BCUT2D eigenvalue weighted by molar-refractivity contribution is -0.123. The smallest absolute Gasteiger partial charge is 0.430 e. The van der Waals surface area contributed by atoms with Gasteiger partial charge in [0.2, 0.25) is 5.91 Å². The molecule has 0 unspecified atom stereocenters. The average Bonchev–Trinajstić information content (AvgIpc) is 3.31. The number of hydrogen-bond acceptors (Lipinski definition) is 8. The summed E-state index contributed by atoms with van der Waals surface area (Å²) in [5.41, 5.74) is 0.449. The summed E-state index contributed by atoms with van der Waals surface area (Å²) in [5.74, 6) is 0.527. The van der Waals surface area contributed by atoms with E-state index in [1.165, 1.54) is 5.01 Å². The van der Waals surface area contributed by atoms with E-state index in [2.05, 4.69) is 20.6 Å². The van der Waals surface area contributed by atoms with Gasteiger partial charge in [0.15, 0.2) is 0 Å². The quantitative estimate of drug-likeness (QED) is 0.345. The zero-order chi connectivity index (χ0) is 28.2. The molecule has 0 bridgehead atoms. The highest BCUT2D eigenvalue weighted by atomic mass is 16.6. The minimum Gasteiger partial charge on any atom is -0.492 e. The minimum atomic E-state index is -0.721. The van der Waals surface area contributed by atoms with E-state index < -0.39 is 18.2 Å². The van der Waals surface area contributed by atoms with Crippen LogP contribution in [-0.4, -0.2) is 98.7 Å². The van der Waals surface area contributed by atoms with Gasteiger partial charge < -0.3 is 24.8 Å². The van der Waals surface area contributed by atoms with Crippen LogP contribution in [-0.2, 0) is 14.3 Å². The molecule has 0 aliphatic carbocycles. The predicted octanol–water partition coefficient (Wildman–Crippen LogP) is 2.51. The maximum atomic E-state index is 13.3. The molecule has 3 rings (SSSR count). The van der Waals surface area contributed by atoms with Crippen LogP contribution < -0.4 is 15.4 Å². The third-order valence-electron chi connectivity index (χ3n) is 6.40. The van der Waals surface area contributed by atoms with E-state index in [9.17, 15) is 14.4 Å². The molecule has 1 aromatic rings. The summed E-state index contributed by atoms with van der Waals surface area (Å²) < 4.78 is 16.1. The Morgan fingerprint density at radius 3 is 2.31 bits per heavy atom.